The van der Waals surface area contributed by atoms with Crippen LogP contribution in [0.2, 0.25) is 0 Å². The molecule has 0 saturated heterocycles. The van der Waals surface area contributed by atoms with Crippen molar-refractivity contribution in [3.63, 3.8) is 0 Å². The summed E-state index contributed by atoms with van der Waals surface area (Å²) >= 11 is 0. The summed E-state index contributed by atoms with van der Waals surface area (Å²) in [5.41, 5.74) is 3.28. The molecule has 0 aliphatic carbocycles. The molecule has 0 amide bonds. The average Bonchev–Trinajstić information content (AvgIpc) is 2.39. The molecule has 2 aromatic carbocycles. The van der Waals surface area contributed by atoms with Crippen molar-refractivity contribution >= 4 is 11.9 Å². The van der Waals surface area contributed by atoms with Crippen molar-refractivity contribution in [3.8, 4) is 5.75 Å². The van der Waals surface area contributed by atoms with Crippen LogP contribution in [0.25, 0.3) is 0 Å². The molecule has 0 aliphatic heterocycles. The van der Waals surface area contributed by atoms with Crippen molar-refractivity contribution in [2.45, 2.75) is 6.92 Å². The second-order valence-electron chi connectivity index (χ2n) is 3.87. The maximum Gasteiger partial charge on any atom is 0.119 e. The Morgan fingerprint density at radius 3 is 2.18 bits per heavy atom. The molecule has 0 unspecified atom stereocenters. The average molecular weight is 225 g/mol. The van der Waals surface area contributed by atoms with Gasteiger partial charge in [-0.1, -0.05) is 29.8 Å². The Balaban J connectivity index is 2.11. The van der Waals surface area contributed by atoms with Crippen LogP contribution in [0.4, 0.5) is 5.69 Å². The van der Waals surface area contributed by atoms with E-state index in [2.05, 4.69) is 36.2 Å². The van der Waals surface area contributed by atoms with E-state index in [0.717, 1.165) is 17.0 Å². The number of nitrogens with zero attached hydrogens (tertiary/aromatic N) is 1. The molecule has 0 atom stereocenters. The summed E-state index contributed by atoms with van der Waals surface area (Å²) in [5, 5.41) is 0. The highest BCUT2D eigenvalue weighted by molar-refractivity contribution is 5.81. The van der Waals surface area contributed by atoms with Crippen molar-refractivity contribution in [1.82, 2.24) is 0 Å². The Bertz CT molecular complexity index is 497. The van der Waals surface area contributed by atoms with E-state index in [4.69, 9.17) is 4.74 Å². The highest BCUT2D eigenvalue weighted by Gasteiger charge is 1.91. The van der Waals surface area contributed by atoms with Gasteiger partial charge in [0.2, 0.25) is 0 Å². The van der Waals surface area contributed by atoms with Crippen LogP contribution in [-0.2, 0) is 0 Å². The Hall–Kier alpha value is -2.09. The third-order valence-corrected chi connectivity index (χ3v) is 2.51. The molecule has 2 rings (SSSR count). The zero-order valence-corrected chi connectivity index (χ0v) is 10.1. The third kappa shape index (κ3) is 3.18. The highest BCUT2D eigenvalue weighted by Crippen LogP contribution is 2.17. The molecule has 17 heavy (non-hydrogen) atoms. The minimum absolute atomic E-state index is 0.847. The van der Waals surface area contributed by atoms with E-state index in [9.17, 15) is 0 Å². The highest BCUT2D eigenvalue weighted by atomic mass is 16.5. The molecular formula is C15H15NO. The van der Waals surface area contributed by atoms with Gasteiger partial charge in [0.15, 0.2) is 0 Å². The monoisotopic (exact) mass is 225 g/mol. The molecule has 0 heterocycles. The first-order valence-electron chi connectivity index (χ1n) is 5.53. The number of hydrogen-bond acceptors (Lipinski definition) is 2. The van der Waals surface area contributed by atoms with Gasteiger partial charge in [-0.05, 0) is 36.8 Å². The van der Waals surface area contributed by atoms with E-state index in [1.54, 1.807) is 7.11 Å². The first-order chi connectivity index (χ1) is 8.28. The van der Waals surface area contributed by atoms with Crippen LogP contribution in [0.1, 0.15) is 11.1 Å². The van der Waals surface area contributed by atoms with Crippen LogP contribution in [0.3, 0.4) is 0 Å². The van der Waals surface area contributed by atoms with Gasteiger partial charge in [0.05, 0.1) is 12.8 Å². The number of hydrogen-bond donors (Lipinski definition) is 0. The van der Waals surface area contributed by atoms with Crippen LogP contribution < -0.4 is 4.74 Å². The minimum atomic E-state index is 0.847. The predicted octanol–water partition coefficient (Wildman–Crippen LogP) is 3.75. The van der Waals surface area contributed by atoms with Crippen LogP contribution in [-0.4, -0.2) is 13.3 Å². The van der Waals surface area contributed by atoms with E-state index >= 15 is 0 Å². The summed E-state index contributed by atoms with van der Waals surface area (Å²) in [6.07, 6.45) is 1.86. The fourth-order valence-corrected chi connectivity index (χ4v) is 1.47. The summed E-state index contributed by atoms with van der Waals surface area (Å²) in [5.74, 6) is 0.847. The van der Waals surface area contributed by atoms with Gasteiger partial charge in [-0.15, -0.1) is 0 Å². The van der Waals surface area contributed by atoms with Crippen molar-refractivity contribution in [1.29, 1.82) is 0 Å². The van der Waals surface area contributed by atoms with Gasteiger partial charge in [0, 0.05) is 6.21 Å². The quantitative estimate of drug-likeness (QED) is 0.729. The van der Waals surface area contributed by atoms with Crippen LogP contribution in [0.15, 0.2) is 53.5 Å². The fourth-order valence-electron chi connectivity index (χ4n) is 1.47. The molecule has 0 aliphatic rings. The summed E-state index contributed by atoms with van der Waals surface area (Å²) in [4.78, 5) is 4.40. The molecule has 2 heteroatoms. The first kappa shape index (κ1) is 11.4. The number of benzene rings is 2. The van der Waals surface area contributed by atoms with Gasteiger partial charge in [-0.2, -0.15) is 0 Å². The van der Waals surface area contributed by atoms with Gasteiger partial charge in [-0.3, -0.25) is 4.99 Å². The zero-order valence-electron chi connectivity index (χ0n) is 10.1. The lowest BCUT2D eigenvalue weighted by molar-refractivity contribution is 0.415. The maximum atomic E-state index is 5.09. The van der Waals surface area contributed by atoms with E-state index < -0.39 is 0 Å². The lowest BCUT2D eigenvalue weighted by Gasteiger charge is -1.99. The van der Waals surface area contributed by atoms with Gasteiger partial charge >= 0.3 is 0 Å². The second-order valence-corrected chi connectivity index (χ2v) is 3.87. The van der Waals surface area contributed by atoms with Gasteiger partial charge in [0.25, 0.3) is 0 Å². The van der Waals surface area contributed by atoms with Gasteiger partial charge in [-0.25, -0.2) is 0 Å². The number of methoxy groups -OCH3 is 1. The van der Waals surface area contributed by atoms with Gasteiger partial charge in [0.1, 0.15) is 5.75 Å². The van der Waals surface area contributed by atoms with E-state index in [-0.39, 0.29) is 0 Å². The lowest BCUT2D eigenvalue weighted by Crippen LogP contribution is -1.82. The molecular weight excluding hydrogens is 210 g/mol. The molecule has 0 spiro atoms. The molecule has 0 N–H and O–H groups in total. The van der Waals surface area contributed by atoms with Crippen molar-refractivity contribution in [2.24, 2.45) is 4.99 Å². The standard InChI is InChI=1S/C15H15NO/c1-12-3-5-13(6-4-12)11-16-14-7-9-15(17-2)10-8-14/h3-11H,1-2H3/b16-11+. The SMILES string of the molecule is COc1ccc(/N=C/c2ccc(C)cc2)cc1. The molecule has 0 fully saturated rings. The fraction of sp³-hybridized carbons (Fsp3) is 0.133. The summed E-state index contributed by atoms with van der Waals surface area (Å²) < 4.78 is 5.09. The number of ether oxygens (including phenoxy) is 1. The minimum Gasteiger partial charge on any atom is -0.497 e. The van der Waals surface area contributed by atoms with Crippen molar-refractivity contribution in [3.05, 3.63) is 59.7 Å². The second kappa shape index (κ2) is 5.30. The predicted molar refractivity (Wildman–Crippen MR) is 71.4 cm³/mol. The molecule has 86 valence electrons. The largest absolute Gasteiger partial charge is 0.497 e. The summed E-state index contributed by atoms with van der Waals surface area (Å²) in [6.45, 7) is 2.07. The number of aryl methyl sites for hydroxylation is 1. The van der Waals surface area contributed by atoms with Crippen LogP contribution in [0.5, 0.6) is 5.75 Å². The number of rotatable bonds is 3. The molecule has 0 saturated carbocycles. The lowest BCUT2D eigenvalue weighted by atomic mass is 10.2. The molecule has 0 aromatic heterocycles. The first-order valence-corrected chi connectivity index (χ1v) is 5.53. The molecule has 2 nitrogen and oxygen atoms in total. The normalized spacial score (nSPS) is 10.7. The van der Waals surface area contributed by atoms with Crippen molar-refractivity contribution < 1.29 is 4.74 Å². The van der Waals surface area contributed by atoms with E-state index in [0.29, 0.717) is 0 Å². The Morgan fingerprint density at radius 2 is 1.59 bits per heavy atom. The van der Waals surface area contributed by atoms with Crippen molar-refractivity contribution in [2.75, 3.05) is 7.11 Å². The Morgan fingerprint density at radius 1 is 0.941 bits per heavy atom. The topological polar surface area (TPSA) is 21.6 Å². The van der Waals surface area contributed by atoms with E-state index in [1.807, 2.05) is 30.5 Å². The summed E-state index contributed by atoms with van der Waals surface area (Å²) in [7, 11) is 1.66. The third-order valence-electron chi connectivity index (χ3n) is 2.51. The Kier molecular flexibility index (Phi) is 3.55. The van der Waals surface area contributed by atoms with Crippen LogP contribution in [0, 0.1) is 6.92 Å². The molecule has 0 bridgehead atoms. The smallest absolute Gasteiger partial charge is 0.119 e. The molecule has 0 radical (unpaired) electrons. The van der Waals surface area contributed by atoms with E-state index in [1.165, 1.54) is 5.56 Å². The Labute approximate surface area is 102 Å². The maximum absolute atomic E-state index is 5.09. The zero-order chi connectivity index (χ0) is 12.1. The number of aliphatic imine (C=N–C) groups is 1. The summed E-state index contributed by atoms with van der Waals surface area (Å²) in [6, 6.07) is 16.0. The molecule has 2 aromatic rings. The van der Waals surface area contributed by atoms with Crippen LogP contribution >= 0.6 is 0 Å². The van der Waals surface area contributed by atoms with Gasteiger partial charge < -0.3 is 4.74 Å².